The number of hydrogen-bond donors (Lipinski definition) is 1. The van der Waals surface area contributed by atoms with Crippen LogP contribution in [0.2, 0.25) is 0 Å². The van der Waals surface area contributed by atoms with Gasteiger partial charge in [-0.15, -0.1) is 11.3 Å². The van der Waals surface area contributed by atoms with Gasteiger partial charge in [-0.25, -0.2) is 4.39 Å². The minimum atomic E-state index is -0.251. The van der Waals surface area contributed by atoms with Crippen LogP contribution in [-0.2, 0) is 6.54 Å². The zero-order valence-corrected chi connectivity index (χ0v) is 10.5. The first-order chi connectivity index (χ1) is 8.20. The monoisotopic (exact) mass is 250 g/mol. The van der Waals surface area contributed by atoms with Crippen LogP contribution in [0.5, 0.6) is 0 Å². The second kappa shape index (κ2) is 5.19. The number of anilines is 2. The molecule has 0 unspecified atom stereocenters. The van der Waals surface area contributed by atoms with Crippen molar-refractivity contribution in [1.29, 1.82) is 0 Å². The zero-order chi connectivity index (χ0) is 12.3. The van der Waals surface area contributed by atoms with Gasteiger partial charge in [0.25, 0.3) is 0 Å². The summed E-state index contributed by atoms with van der Waals surface area (Å²) in [7, 11) is 0. The van der Waals surface area contributed by atoms with Crippen molar-refractivity contribution in [2.45, 2.75) is 13.5 Å². The third-order valence-electron chi connectivity index (χ3n) is 2.64. The van der Waals surface area contributed by atoms with Crippen LogP contribution in [0.25, 0.3) is 0 Å². The third kappa shape index (κ3) is 2.77. The average molecular weight is 250 g/mol. The Morgan fingerprint density at radius 2 is 2.18 bits per heavy atom. The number of rotatable bonds is 4. The van der Waals surface area contributed by atoms with E-state index in [4.69, 9.17) is 5.73 Å². The topological polar surface area (TPSA) is 29.3 Å². The molecule has 2 nitrogen and oxygen atoms in total. The van der Waals surface area contributed by atoms with E-state index < -0.39 is 0 Å². The lowest BCUT2D eigenvalue weighted by atomic mass is 10.2. The maximum atomic E-state index is 13.2. The number of nitrogen functional groups attached to an aromatic ring is 1. The Morgan fingerprint density at radius 1 is 1.35 bits per heavy atom. The van der Waals surface area contributed by atoms with Gasteiger partial charge in [0, 0.05) is 11.4 Å². The molecule has 0 spiro atoms. The summed E-state index contributed by atoms with van der Waals surface area (Å²) in [5, 5.41) is 2.04. The molecule has 0 aliphatic carbocycles. The summed E-state index contributed by atoms with van der Waals surface area (Å²) in [4.78, 5) is 3.32. The van der Waals surface area contributed by atoms with E-state index in [1.54, 1.807) is 17.4 Å². The molecule has 90 valence electrons. The zero-order valence-electron chi connectivity index (χ0n) is 9.69. The van der Waals surface area contributed by atoms with E-state index in [1.165, 1.54) is 17.0 Å². The van der Waals surface area contributed by atoms with Crippen LogP contribution in [0.3, 0.4) is 0 Å². The number of hydrogen-bond acceptors (Lipinski definition) is 3. The highest BCUT2D eigenvalue weighted by molar-refractivity contribution is 7.09. The van der Waals surface area contributed by atoms with Crippen molar-refractivity contribution in [2.24, 2.45) is 0 Å². The molecule has 0 bridgehead atoms. The van der Waals surface area contributed by atoms with Crippen LogP contribution in [0.15, 0.2) is 35.7 Å². The minimum Gasteiger partial charge on any atom is -0.397 e. The van der Waals surface area contributed by atoms with Gasteiger partial charge in [-0.3, -0.25) is 0 Å². The van der Waals surface area contributed by atoms with Gasteiger partial charge >= 0.3 is 0 Å². The van der Waals surface area contributed by atoms with Gasteiger partial charge in [0.1, 0.15) is 5.82 Å². The van der Waals surface area contributed by atoms with Crippen molar-refractivity contribution in [2.75, 3.05) is 17.2 Å². The van der Waals surface area contributed by atoms with Gasteiger partial charge < -0.3 is 10.6 Å². The summed E-state index contributed by atoms with van der Waals surface area (Å²) in [5.41, 5.74) is 7.27. The highest BCUT2D eigenvalue weighted by Crippen LogP contribution is 2.26. The van der Waals surface area contributed by atoms with Crippen LogP contribution in [-0.4, -0.2) is 6.54 Å². The number of nitrogens with zero attached hydrogens (tertiary/aromatic N) is 1. The maximum Gasteiger partial charge on any atom is 0.125 e. The van der Waals surface area contributed by atoms with Crippen molar-refractivity contribution in [3.05, 3.63) is 46.4 Å². The molecule has 1 aromatic carbocycles. The van der Waals surface area contributed by atoms with Gasteiger partial charge in [0.15, 0.2) is 0 Å². The Hall–Kier alpha value is -1.55. The summed E-state index contributed by atoms with van der Waals surface area (Å²) in [6.07, 6.45) is 0. The van der Waals surface area contributed by atoms with E-state index in [0.717, 1.165) is 18.8 Å². The van der Waals surface area contributed by atoms with Crippen LogP contribution in [0.1, 0.15) is 11.8 Å². The summed E-state index contributed by atoms with van der Waals surface area (Å²) < 4.78 is 13.2. The van der Waals surface area contributed by atoms with Gasteiger partial charge in [-0.2, -0.15) is 0 Å². The molecule has 0 amide bonds. The molecule has 2 N–H and O–H groups in total. The van der Waals surface area contributed by atoms with Gasteiger partial charge in [-0.1, -0.05) is 6.07 Å². The molecular weight excluding hydrogens is 235 g/mol. The molecule has 0 aliphatic heterocycles. The first kappa shape index (κ1) is 11.9. The Balaban J connectivity index is 2.25. The smallest absolute Gasteiger partial charge is 0.125 e. The summed E-state index contributed by atoms with van der Waals surface area (Å²) in [6, 6.07) is 8.58. The third-order valence-corrected chi connectivity index (χ3v) is 3.50. The fraction of sp³-hybridized carbons (Fsp3) is 0.231. The summed E-state index contributed by atoms with van der Waals surface area (Å²) in [6.45, 7) is 3.60. The normalized spacial score (nSPS) is 10.5. The Morgan fingerprint density at radius 3 is 2.82 bits per heavy atom. The fourth-order valence-corrected chi connectivity index (χ4v) is 2.47. The SMILES string of the molecule is CCN(Cc1cccs1)c1cc(F)ccc1N. The second-order valence-corrected chi connectivity index (χ2v) is 4.83. The Kier molecular flexibility index (Phi) is 3.64. The molecule has 0 saturated carbocycles. The van der Waals surface area contributed by atoms with E-state index in [2.05, 4.69) is 11.0 Å². The lowest BCUT2D eigenvalue weighted by Crippen LogP contribution is -2.22. The van der Waals surface area contributed by atoms with Crippen LogP contribution in [0.4, 0.5) is 15.8 Å². The maximum absolute atomic E-state index is 13.2. The molecule has 0 aliphatic rings. The molecule has 0 atom stereocenters. The summed E-state index contributed by atoms with van der Waals surface area (Å²) in [5.74, 6) is -0.251. The Labute approximate surface area is 104 Å². The lowest BCUT2D eigenvalue weighted by Gasteiger charge is -2.24. The number of benzene rings is 1. The standard InChI is InChI=1S/C13H15FN2S/c1-2-16(9-11-4-3-7-17-11)13-8-10(14)5-6-12(13)15/h3-8H,2,9,15H2,1H3. The molecule has 1 aromatic heterocycles. The molecular formula is C13H15FN2S. The van der Waals surface area contributed by atoms with Crippen molar-refractivity contribution in [3.8, 4) is 0 Å². The first-order valence-electron chi connectivity index (χ1n) is 5.53. The van der Waals surface area contributed by atoms with E-state index in [1.807, 2.05) is 18.4 Å². The average Bonchev–Trinajstić information content (AvgIpc) is 2.82. The molecule has 1 heterocycles. The molecule has 0 fully saturated rings. The van der Waals surface area contributed by atoms with Crippen LogP contribution >= 0.6 is 11.3 Å². The minimum absolute atomic E-state index is 0.251. The first-order valence-corrected chi connectivity index (χ1v) is 6.41. The lowest BCUT2D eigenvalue weighted by molar-refractivity contribution is 0.627. The second-order valence-electron chi connectivity index (χ2n) is 3.80. The number of thiophene rings is 1. The van der Waals surface area contributed by atoms with Crippen molar-refractivity contribution >= 4 is 22.7 Å². The van der Waals surface area contributed by atoms with Crippen molar-refractivity contribution in [3.63, 3.8) is 0 Å². The largest absolute Gasteiger partial charge is 0.397 e. The van der Waals surface area contributed by atoms with E-state index in [9.17, 15) is 4.39 Å². The van der Waals surface area contributed by atoms with Crippen LogP contribution < -0.4 is 10.6 Å². The van der Waals surface area contributed by atoms with Crippen molar-refractivity contribution < 1.29 is 4.39 Å². The molecule has 0 saturated heterocycles. The number of halogens is 1. The van der Waals surface area contributed by atoms with Gasteiger partial charge in [-0.05, 0) is 36.6 Å². The molecule has 4 heteroatoms. The molecule has 0 radical (unpaired) electrons. The highest BCUT2D eigenvalue weighted by Gasteiger charge is 2.10. The van der Waals surface area contributed by atoms with E-state index in [0.29, 0.717) is 5.69 Å². The van der Waals surface area contributed by atoms with E-state index >= 15 is 0 Å². The van der Waals surface area contributed by atoms with Crippen molar-refractivity contribution in [1.82, 2.24) is 0 Å². The summed E-state index contributed by atoms with van der Waals surface area (Å²) >= 11 is 1.70. The van der Waals surface area contributed by atoms with Gasteiger partial charge in [0.2, 0.25) is 0 Å². The predicted octanol–water partition coefficient (Wildman–Crippen LogP) is 3.50. The number of nitrogens with two attached hydrogens (primary N) is 1. The van der Waals surface area contributed by atoms with Crippen LogP contribution in [0, 0.1) is 5.82 Å². The van der Waals surface area contributed by atoms with Gasteiger partial charge in [0.05, 0.1) is 17.9 Å². The molecule has 2 rings (SSSR count). The molecule has 17 heavy (non-hydrogen) atoms. The van der Waals surface area contributed by atoms with E-state index in [-0.39, 0.29) is 5.82 Å². The fourth-order valence-electron chi connectivity index (χ4n) is 1.75. The molecule has 2 aromatic rings. The Bertz CT molecular complexity index is 482. The predicted molar refractivity (Wildman–Crippen MR) is 71.9 cm³/mol. The quantitative estimate of drug-likeness (QED) is 0.842. The highest BCUT2D eigenvalue weighted by atomic mass is 32.1.